The third-order valence-electron chi connectivity index (χ3n) is 3.93. The maximum atomic E-state index is 3.40. The molecule has 0 aromatic heterocycles. The van der Waals surface area contributed by atoms with E-state index in [9.17, 15) is 0 Å². The average Bonchev–Trinajstić information content (AvgIpc) is 2.28. The van der Waals surface area contributed by atoms with Gasteiger partial charge in [0, 0.05) is 31.9 Å². The van der Waals surface area contributed by atoms with E-state index in [0.717, 1.165) is 32.1 Å². The Morgan fingerprint density at radius 1 is 1.12 bits per heavy atom. The highest BCUT2D eigenvalue weighted by Crippen LogP contribution is 2.37. The van der Waals surface area contributed by atoms with E-state index >= 15 is 0 Å². The van der Waals surface area contributed by atoms with E-state index in [1.54, 1.807) is 5.56 Å². The number of piperazine rings is 1. The van der Waals surface area contributed by atoms with E-state index in [2.05, 4.69) is 34.5 Å². The van der Waals surface area contributed by atoms with E-state index in [1.807, 2.05) is 0 Å². The molecule has 0 radical (unpaired) electrons. The zero-order valence-corrected chi connectivity index (χ0v) is 9.78. The highest BCUT2D eigenvalue weighted by atomic mass is 15.2. The quantitative estimate of drug-likeness (QED) is 0.816. The molecule has 0 unspecified atom stereocenters. The first-order chi connectivity index (χ1) is 7.93. The predicted molar refractivity (Wildman–Crippen MR) is 68.1 cm³/mol. The van der Waals surface area contributed by atoms with Gasteiger partial charge in [-0.3, -0.25) is 0 Å². The lowest BCUT2D eigenvalue weighted by atomic mass is 9.80. The fourth-order valence-corrected chi connectivity index (χ4v) is 2.64. The SMILES string of the molecule is c1cc(C2CCC2)cc(N2CCNCC2)c1. The van der Waals surface area contributed by atoms with Crippen LogP contribution in [0.25, 0.3) is 0 Å². The van der Waals surface area contributed by atoms with Crippen LogP contribution in [0.1, 0.15) is 30.7 Å². The van der Waals surface area contributed by atoms with Crippen LogP contribution in [0.4, 0.5) is 5.69 Å². The van der Waals surface area contributed by atoms with Crippen molar-refractivity contribution in [1.82, 2.24) is 5.32 Å². The van der Waals surface area contributed by atoms with Crippen molar-refractivity contribution in [2.45, 2.75) is 25.2 Å². The lowest BCUT2D eigenvalue weighted by Gasteiger charge is -2.31. The number of rotatable bonds is 2. The molecule has 2 nitrogen and oxygen atoms in total. The van der Waals surface area contributed by atoms with Gasteiger partial charge in [-0.2, -0.15) is 0 Å². The van der Waals surface area contributed by atoms with E-state index in [1.165, 1.54) is 24.9 Å². The Hall–Kier alpha value is -1.02. The second-order valence-corrected chi connectivity index (χ2v) is 4.96. The third kappa shape index (κ3) is 1.94. The number of anilines is 1. The van der Waals surface area contributed by atoms with Crippen LogP contribution in [-0.2, 0) is 0 Å². The van der Waals surface area contributed by atoms with Crippen LogP contribution in [-0.4, -0.2) is 26.2 Å². The summed E-state index contributed by atoms with van der Waals surface area (Å²) in [6.07, 6.45) is 4.21. The van der Waals surface area contributed by atoms with Crippen LogP contribution in [0.3, 0.4) is 0 Å². The fourth-order valence-electron chi connectivity index (χ4n) is 2.64. The van der Waals surface area contributed by atoms with Crippen molar-refractivity contribution in [2.24, 2.45) is 0 Å². The van der Waals surface area contributed by atoms with Gasteiger partial charge in [0.1, 0.15) is 0 Å². The predicted octanol–water partition coefficient (Wildman–Crippen LogP) is 2.36. The smallest absolute Gasteiger partial charge is 0.0369 e. The zero-order valence-electron chi connectivity index (χ0n) is 9.78. The molecule has 0 spiro atoms. The van der Waals surface area contributed by atoms with Gasteiger partial charge in [0.2, 0.25) is 0 Å². The Balaban J connectivity index is 1.77. The van der Waals surface area contributed by atoms with Gasteiger partial charge in [-0.25, -0.2) is 0 Å². The van der Waals surface area contributed by atoms with Crippen molar-refractivity contribution in [2.75, 3.05) is 31.1 Å². The van der Waals surface area contributed by atoms with E-state index in [0.29, 0.717) is 0 Å². The molecular weight excluding hydrogens is 196 g/mol. The lowest BCUT2D eigenvalue weighted by molar-refractivity contribution is 0.419. The molecule has 16 heavy (non-hydrogen) atoms. The number of hydrogen-bond acceptors (Lipinski definition) is 2. The molecule has 3 rings (SSSR count). The first-order valence-corrected chi connectivity index (χ1v) is 6.49. The molecule has 2 heteroatoms. The van der Waals surface area contributed by atoms with E-state index in [-0.39, 0.29) is 0 Å². The normalized spacial score (nSPS) is 21.9. The topological polar surface area (TPSA) is 15.3 Å². The minimum Gasteiger partial charge on any atom is -0.369 e. The van der Waals surface area contributed by atoms with E-state index < -0.39 is 0 Å². The Kier molecular flexibility index (Phi) is 2.83. The van der Waals surface area contributed by atoms with Crippen LogP contribution < -0.4 is 10.2 Å². The number of hydrogen-bond donors (Lipinski definition) is 1. The van der Waals surface area contributed by atoms with Crippen molar-refractivity contribution in [3.63, 3.8) is 0 Å². The van der Waals surface area contributed by atoms with Gasteiger partial charge < -0.3 is 10.2 Å². The average molecular weight is 216 g/mol. The van der Waals surface area contributed by atoms with Crippen LogP contribution >= 0.6 is 0 Å². The van der Waals surface area contributed by atoms with Gasteiger partial charge in [-0.15, -0.1) is 0 Å². The summed E-state index contributed by atoms with van der Waals surface area (Å²) in [4.78, 5) is 2.50. The van der Waals surface area contributed by atoms with Crippen LogP contribution in [0, 0.1) is 0 Å². The van der Waals surface area contributed by atoms with Crippen molar-refractivity contribution in [1.29, 1.82) is 0 Å². The molecule has 1 aromatic carbocycles. The fraction of sp³-hybridized carbons (Fsp3) is 0.571. The highest BCUT2D eigenvalue weighted by molar-refractivity contribution is 5.50. The third-order valence-corrected chi connectivity index (χ3v) is 3.93. The summed E-state index contributed by atoms with van der Waals surface area (Å²) in [6.45, 7) is 4.53. The molecule has 1 saturated carbocycles. The molecule has 1 aliphatic carbocycles. The maximum absolute atomic E-state index is 3.40. The van der Waals surface area contributed by atoms with Crippen molar-refractivity contribution < 1.29 is 0 Å². The molecule has 1 saturated heterocycles. The minimum absolute atomic E-state index is 0.850. The molecule has 2 aliphatic rings. The Morgan fingerprint density at radius 2 is 1.94 bits per heavy atom. The summed E-state index contributed by atoms with van der Waals surface area (Å²) < 4.78 is 0. The summed E-state index contributed by atoms with van der Waals surface area (Å²) in [6, 6.07) is 9.20. The van der Waals surface area contributed by atoms with Crippen molar-refractivity contribution in [3.05, 3.63) is 29.8 Å². The van der Waals surface area contributed by atoms with Crippen molar-refractivity contribution >= 4 is 5.69 Å². The molecule has 86 valence electrons. The standard InChI is InChI=1S/C14H20N2/c1-3-12(4-1)13-5-2-6-14(11-13)16-9-7-15-8-10-16/h2,5-6,11-12,15H,1,3-4,7-10H2. The monoisotopic (exact) mass is 216 g/mol. The van der Waals surface area contributed by atoms with E-state index in [4.69, 9.17) is 0 Å². The highest BCUT2D eigenvalue weighted by Gasteiger charge is 2.20. The van der Waals surface area contributed by atoms with Crippen LogP contribution in [0.15, 0.2) is 24.3 Å². The molecule has 0 atom stereocenters. The van der Waals surface area contributed by atoms with Gasteiger partial charge in [0.15, 0.2) is 0 Å². The molecule has 0 amide bonds. The Labute approximate surface area is 97.6 Å². The number of nitrogens with one attached hydrogen (secondary N) is 1. The minimum atomic E-state index is 0.850. The zero-order chi connectivity index (χ0) is 10.8. The molecular formula is C14H20N2. The molecule has 1 N–H and O–H groups in total. The second-order valence-electron chi connectivity index (χ2n) is 4.96. The van der Waals surface area contributed by atoms with Crippen LogP contribution in [0.5, 0.6) is 0 Å². The largest absolute Gasteiger partial charge is 0.369 e. The maximum Gasteiger partial charge on any atom is 0.0369 e. The lowest BCUT2D eigenvalue weighted by Crippen LogP contribution is -2.43. The summed E-state index contributed by atoms with van der Waals surface area (Å²) in [5.74, 6) is 0.850. The first kappa shape index (κ1) is 10.2. The molecule has 0 bridgehead atoms. The summed E-state index contributed by atoms with van der Waals surface area (Å²) in [7, 11) is 0. The van der Waals surface area contributed by atoms with Gasteiger partial charge >= 0.3 is 0 Å². The Morgan fingerprint density at radius 3 is 2.62 bits per heavy atom. The molecule has 1 heterocycles. The molecule has 2 fully saturated rings. The molecule has 1 aromatic rings. The summed E-state index contributed by atoms with van der Waals surface area (Å²) in [5.41, 5.74) is 2.98. The van der Waals surface area contributed by atoms with Gasteiger partial charge in [0.25, 0.3) is 0 Å². The summed E-state index contributed by atoms with van der Waals surface area (Å²) in [5, 5.41) is 3.40. The van der Waals surface area contributed by atoms with Gasteiger partial charge in [0.05, 0.1) is 0 Å². The van der Waals surface area contributed by atoms with Crippen molar-refractivity contribution in [3.8, 4) is 0 Å². The second kappa shape index (κ2) is 4.46. The number of nitrogens with zero attached hydrogens (tertiary/aromatic N) is 1. The molecule has 1 aliphatic heterocycles. The van der Waals surface area contributed by atoms with Crippen LogP contribution in [0.2, 0.25) is 0 Å². The number of benzene rings is 1. The Bertz CT molecular complexity index is 352. The summed E-state index contributed by atoms with van der Waals surface area (Å²) >= 11 is 0. The first-order valence-electron chi connectivity index (χ1n) is 6.49. The van der Waals surface area contributed by atoms with Gasteiger partial charge in [-0.1, -0.05) is 18.6 Å². The van der Waals surface area contributed by atoms with Gasteiger partial charge in [-0.05, 0) is 36.5 Å².